The van der Waals surface area contributed by atoms with E-state index in [1.165, 1.54) is 0 Å². The van der Waals surface area contributed by atoms with Crippen LogP contribution < -0.4 is 9.62 Å². The maximum Gasteiger partial charge on any atom is 0.227 e. The number of pyridine rings is 1. The van der Waals surface area contributed by atoms with Crippen molar-refractivity contribution >= 4 is 33.2 Å². The van der Waals surface area contributed by atoms with Gasteiger partial charge in [0.05, 0.1) is 16.5 Å². The first-order valence-electron chi connectivity index (χ1n) is 8.31. The summed E-state index contributed by atoms with van der Waals surface area (Å²) in [5.41, 5.74) is 4.28. The number of anilines is 1. The van der Waals surface area contributed by atoms with E-state index < -0.39 is 10.0 Å². The monoisotopic (exact) mass is 393 g/mol. The molecule has 1 aliphatic rings. The van der Waals surface area contributed by atoms with Crippen molar-refractivity contribution in [2.45, 2.75) is 26.3 Å². The molecule has 0 spiro atoms. The van der Waals surface area contributed by atoms with Crippen LogP contribution in [0.15, 0.2) is 30.6 Å². The Labute approximate surface area is 158 Å². The molecule has 1 aromatic heterocycles. The predicted molar refractivity (Wildman–Crippen MR) is 103 cm³/mol. The standard InChI is InChI=1S/C18H20ClN3O3S/c1-3-26(24,25)21-10-12-6-15(11-20-9-12)14-7-13-4-5-17(23)22(2)18(13)16(19)8-14/h6-9,11,21H,3-5,10H2,1-2H3. The zero-order valence-corrected chi connectivity index (χ0v) is 16.2. The van der Waals surface area contributed by atoms with Gasteiger partial charge in [0.1, 0.15) is 0 Å². The van der Waals surface area contributed by atoms with Crippen LogP contribution in [0.2, 0.25) is 5.02 Å². The first-order valence-corrected chi connectivity index (χ1v) is 10.3. The molecule has 0 unspecified atom stereocenters. The van der Waals surface area contributed by atoms with E-state index in [2.05, 4.69) is 9.71 Å². The molecule has 0 atom stereocenters. The van der Waals surface area contributed by atoms with Gasteiger partial charge in [-0.3, -0.25) is 9.78 Å². The maximum absolute atomic E-state index is 11.9. The van der Waals surface area contributed by atoms with Gasteiger partial charge in [-0.2, -0.15) is 0 Å². The van der Waals surface area contributed by atoms with E-state index in [0.717, 1.165) is 27.9 Å². The summed E-state index contributed by atoms with van der Waals surface area (Å²) >= 11 is 6.43. The summed E-state index contributed by atoms with van der Waals surface area (Å²) in [5, 5.41) is 0.519. The molecule has 0 saturated heterocycles. The Morgan fingerprint density at radius 1 is 1.19 bits per heavy atom. The summed E-state index contributed by atoms with van der Waals surface area (Å²) in [6.07, 6.45) is 4.46. The van der Waals surface area contributed by atoms with Gasteiger partial charge in [-0.15, -0.1) is 0 Å². The van der Waals surface area contributed by atoms with E-state index in [4.69, 9.17) is 11.6 Å². The minimum Gasteiger partial charge on any atom is -0.314 e. The number of carbonyl (C=O) groups excluding carboxylic acids is 1. The first kappa shape index (κ1) is 18.8. The number of carbonyl (C=O) groups is 1. The van der Waals surface area contributed by atoms with Crippen molar-refractivity contribution < 1.29 is 13.2 Å². The predicted octanol–water partition coefficient (Wildman–Crippen LogP) is 2.75. The first-order chi connectivity index (χ1) is 12.3. The number of halogens is 1. The molecule has 1 amide bonds. The number of sulfonamides is 1. The molecule has 2 aromatic rings. The third-order valence-electron chi connectivity index (χ3n) is 4.46. The Kier molecular flexibility index (Phi) is 5.32. The molecular formula is C18H20ClN3O3S. The molecule has 0 fully saturated rings. The molecule has 26 heavy (non-hydrogen) atoms. The quantitative estimate of drug-likeness (QED) is 0.847. The molecular weight excluding hydrogens is 374 g/mol. The normalized spacial score (nSPS) is 14.4. The van der Waals surface area contributed by atoms with Gasteiger partial charge in [-0.1, -0.05) is 11.6 Å². The fourth-order valence-electron chi connectivity index (χ4n) is 2.96. The molecule has 0 aliphatic carbocycles. The number of hydrogen-bond acceptors (Lipinski definition) is 4. The molecule has 2 heterocycles. The van der Waals surface area contributed by atoms with Gasteiger partial charge in [-0.25, -0.2) is 13.1 Å². The third kappa shape index (κ3) is 3.90. The number of benzene rings is 1. The number of aryl methyl sites for hydroxylation is 1. The number of fused-ring (bicyclic) bond motifs is 1. The SMILES string of the molecule is CCS(=O)(=O)NCc1cncc(-c2cc(Cl)c3c(c2)CCC(=O)N3C)c1. The van der Waals surface area contributed by atoms with Crippen LogP contribution in [0.5, 0.6) is 0 Å². The zero-order valence-electron chi connectivity index (χ0n) is 14.6. The number of amides is 1. The van der Waals surface area contributed by atoms with Crippen molar-refractivity contribution in [3.8, 4) is 11.1 Å². The summed E-state index contributed by atoms with van der Waals surface area (Å²) < 4.78 is 25.8. The van der Waals surface area contributed by atoms with Gasteiger partial charge in [0, 0.05) is 38.0 Å². The largest absolute Gasteiger partial charge is 0.314 e. The topological polar surface area (TPSA) is 79.4 Å². The summed E-state index contributed by atoms with van der Waals surface area (Å²) in [5.74, 6) is 0.0892. The molecule has 8 heteroatoms. The molecule has 1 N–H and O–H groups in total. The number of nitrogens with zero attached hydrogens (tertiary/aromatic N) is 2. The van der Waals surface area contributed by atoms with Crippen LogP contribution in [0.1, 0.15) is 24.5 Å². The Bertz CT molecular complexity index is 960. The summed E-state index contributed by atoms with van der Waals surface area (Å²) in [7, 11) is -1.53. The smallest absolute Gasteiger partial charge is 0.227 e. The Morgan fingerprint density at radius 3 is 2.69 bits per heavy atom. The lowest BCUT2D eigenvalue weighted by atomic mass is 9.96. The van der Waals surface area contributed by atoms with Crippen molar-refractivity contribution in [3.05, 3.63) is 46.7 Å². The van der Waals surface area contributed by atoms with Crippen LogP contribution in [0.3, 0.4) is 0 Å². The van der Waals surface area contributed by atoms with E-state index in [-0.39, 0.29) is 18.2 Å². The van der Waals surface area contributed by atoms with E-state index in [9.17, 15) is 13.2 Å². The van der Waals surface area contributed by atoms with E-state index in [0.29, 0.717) is 17.9 Å². The number of nitrogens with one attached hydrogen (secondary N) is 1. The van der Waals surface area contributed by atoms with Crippen molar-refractivity contribution in [1.82, 2.24) is 9.71 Å². The lowest BCUT2D eigenvalue weighted by molar-refractivity contribution is -0.118. The van der Waals surface area contributed by atoms with Gasteiger partial charge >= 0.3 is 0 Å². The minimum atomic E-state index is -3.26. The minimum absolute atomic E-state index is 0.0345. The highest BCUT2D eigenvalue weighted by atomic mass is 35.5. The second-order valence-electron chi connectivity index (χ2n) is 6.22. The van der Waals surface area contributed by atoms with Gasteiger partial charge in [0.15, 0.2) is 0 Å². The van der Waals surface area contributed by atoms with Crippen molar-refractivity contribution in [2.24, 2.45) is 0 Å². The molecule has 0 radical (unpaired) electrons. The Morgan fingerprint density at radius 2 is 1.96 bits per heavy atom. The third-order valence-corrected chi connectivity index (χ3v) is 6.10. The highest BCUT2D eigenvalue weighted by Crippen LogP contribution is 2.37. The molecule has 0 saturated carbocycles. The van der Waals surface area contributed by atoms with Gasteiger partial charge in [0.25, 0.3) is 0 Å². The van der Waals surface area contributed by atoms with Gasteiger partial charge in [0.2, 0.25) is 15.9 Å². The van der Waals surface area contributed by atoms with Crippen LogP contribution in [-0.4, -0.2) is 32.1 Å². The molecule has 1 aliphatic heterocycles. The van der Waals surface area contributed by atoms with Crippen LogP contribution >= 0.6 is 11.6 Å². The lowest BCUT2D eigenvalue weighted by Gasteiger charge is -2.27. The number of aromatic nitrogens is 1. The van der Waals surface area contributed by atoms with Crippen LogP contribution in [0.25, 0.3) is 11.1 Å². The van der Waals surface area contributed by atoms with Crippen molar-refractivity contribution in [3.63, 3.8) is 0 Å². The van der Waals surface area contributed by atoms with Gasteiger partial charge in [-0.05, 0) is 48.2 Å². The maximum atomic E-state index is 11.9. The van der Waals surface area contributed by atoms with E-state index in [1.807, 2.05) is 18.2 Å². The van der Waals surface area contributed by atoms with Crippen LogP contribution in [0.4, 0.5) is 5.69 Å². The highest BCUT2D eigenvalue weighted by Gasteiger charge is 2.24. The Balaban J connectivity index is 1.92. The average molecular weight is 394 g/mol. The van der Waals surface area contributed by atoms with Crippen molar-refractivity contribution in [1.29, 1.82) is 0 Å². The second kappa shape index (κ2) is 7.34. The molecule has 3 rings (SSSR count). The zero-order chi connectivity index (χ0) is 18.9. The summed E-state index contributed by atoms with van der Waals surface area (Å²) in [4.78, 5) is 17.7. The van der Waals surface area contributed by atoms with E-state index >= 15 is 0 Å². The highest BCUT2D eigenvalue weighted by molar-refractivity contribution is 7.89. The molecule has 0 bridgehead atoms. The Hall–Kier alpha value is -1.96. The number of hydrogen-bond donors (Lipinski definition) is 1. The summed E-state index contributed by atoms with van der Waals surface area (Å²) in [6.45, 7) is 1.78. The van der Waals surface area contributed by atoms with Crippen LogP contribution in [-0.2, 0) is 27.8 Å². The molecule has 138 valence electrons. The molecule has 1 aromatic carbocycles. The lowest BCUT2D eigenvalue weighted by Crippen LogP contribution is -2.31. The number of rotatable bonds is 5. The fraction of sp³-hybridized carbons (Fsp3) is 0.333. The van der Waals surface area contributed by atoms with Crippen molar-refractivity contribution in [2.75, 3.05) is 17.7 Å². The average Bonchev–Trinajstić information content (AvgIpc) is 2.63. The fourth-order valence-corrected chi connectivity index (χ4v) is 3.92. The molecule has 6 nitrogen and oxygen atoms in total. The second-order valence-corrected chi connectivity index (χ2v) is 8.73. The summed E-state index contributed by atoms with van der Waals surface area (Å²) in [6, 6.07) is 5.72. The van der Waals surface area contributed by atoms with Gasteiger partial charge < -0.3 is 4.90 Å². The van der Waals surface area contributed by atoms with Crippen LogP contribution in [0, 0.1) is 0 Å². The van der Waals surface area contributed by atoms with E-state index in [1.54, 1.807) is 31.3 Å².